The third kappa shape index (κ3) is 1.70. The van der Waals surface area contributed by atoms with Crippen LogP contribution in [0, 0.1) is 5.92 Å². The Labute approximate surface area is 97.8 Å². The third-order valence-electron chi connectivity index (χ3n) is 4.78. The summed E-state index contributed by atoms with van der Waals surface area (Å²) in [5.74, 6) is 0.115. The first kappa shape index (κ1) is 12.1. The van der Waals surface area contributed by atoms with Crippen molar-refractivity contribution in [3.8, 4) is 0 Å². The zero-order valence-corrected chi connectivity index (χ0v) is 10.6. The summed E-state index contributed by atoms with van der Waals surface area (Å²) in [5, 5.41) is 10.7. The van der Waals surface area contributed by atoms with Crippen LogP contribution in [0.4, 0.5) is 0 Å². The molecule has 4 atom stereocenters. The van der Waals surface area contributed by atoms with E-state index in [1.165, 1.54) is 6.42 Å². The molecule has 1 N–H and O–H groups in total. The molecule has 0 radical (unpaired) electrons. The lowest BCUT2D eigenvalue weighted by molar-refractivity contribution is -0.161. The van der Waals surface area contributed by atoms with Crippen LogP contribution in [-0.2, 0) is 4.79 Å². The van der Waals surface area contributed by atoms with Crippen LogP contribution in [0.3, 0.4) is 0 Å². The van der Waals surface area contributed by atoms with Gasteiger partial charge in [0.25, 0.3) is 0 Å². The summed E-state index contributed by atoms with van der Waals surface area (Å²) in [6.07, 6.45) is 5.10. The Hall–Kier alpha value is -0.410. The van der Waals surface area contributed by atoms with Gasteiger partial charge < -0.3 is 10.0 Å². The number of hydrogen-bond acceptors (Lipinski definition) is 3. The number of piperidine rings is 1. The lowest BCUT2D eigenvalue weighted by atomic mass is 9.66. The molecule has 0 aromatic heterocycles. The van der Waals surface area contributed by atoms with Gasteiger partial charge in [-0.3, -0.25) is 4.79 Å². The van der Waals surface area contributed by atoms with E-state index in [0.29, 0.717) is 18.5 Å². The van der Waals surface area contributed by atoms with Gasteiger partial charge in [0.1, 0.15) is 5.60 Å². The van der Waals surface area contributed by atoms with Gasteiger partial charge in [-0.05, 0) is 40.2 Å². The minimum absolute atomic E-state index is 0.0376. The summed E-state index contributed by atoms with van der Waals surface area (Å²) < 4.78 is 0. The normalized spacial score (nSPS) is 45.1. The molecule has 0 amide bonds. The maximum Gasteiger partial charge on any atom is 0.161 e. The lowest BCUT2D eigenvalue weighted by Gasteiger charge is -2.53. The van der Waals surface area contributed by atoms with Crippen LogP contribution in [0.25, 0.3) is 0 Å². The number of aliphatic hydroxyl groups is 1. The first-order chi connectivity index (χ1) is 7.47. The average Bonchev–Trinajstić information content (AvgIpc) is 2.26. The molecule has 92 valence electrons. The molecule has 3 nitrogen and oxygen atoms in total. The van der Waals surface area contributed by atoms with Crippen molar-refractivity contribution < 1.29 is 9.90 Å². The minimum Gasteiger partial charge on any atom is -0.382 e. The first-order valence-electron chi connectivity index (χ1n) is 6.42. The molecule has 1 saturated carbocycles. The molecule has 0 spiro atoms. The molecule has 4 unspecified atom stereocenters. The monoisotopic (exact) mass is 225 g/mol. The summed E-state index contributed by atoms with van der Waals surface area (Å²) in [5.41, 5.74) is -1.06. The van der Waals surface area contributed by atoms with E-state index in [9.17, 15) is 9.90 Å². The Morgan fingerprint density at radius 1 is 1.38 bits per heavy atom. The van der Waals surface area contributed by atoms with E-state index in [0.717, 1.165) is 19.3 Å². The maximum atomic E-state index is 11.8. The largest absolute Gasteiger partial charge is 0.382 e. The van der Waals surface area contributed by atoms with Crippen molar-refractivity contribution in [2.45, 2.75) is 63.6 Å². The zero-order chi connectivity index (χ0) is 11.9. The van der Waals surface area contributed by atoms with Gasteiger partial charge in [-0.25, -0.2) is 0 Å². The van der Waals surface area contributed by atoms with Gasteiger partial charge in [0.05, 0.1) is 0 Å². The van der Waals surface area contributed by atoms with E-state index in [2.05, 4.69) is 18.9 Å². The molecule has 0 bridgehead atoms. The van der Waals surface area contributed by atoms with Crippen LogP contribution >= 0.6 is 0 Å². The topological polar surface area (TPSA) is 40.5 Å². The van der Waals surface area contributed by atoms with Crippen LogP contribution in [0.1, 0.15) is 46.0 Å². The van der Waals surface area contributed by atoms with Gasteiger partial charge in [0, 0.05) is 18.0 Å². The molecule has 2 fully saturated rings. The third-order valence-corrected chi connectivity index (χ3v) is 4.78. The number of Topliss-reactive ketones (excluding diaryl/α,β-unsaturated/α-hetero) is 1. The van der Waals surface area contributed by atoms with Crippen LogP contribution < -0.4 is 0 Å². The lowest BCUT2D eigenvalue weighted by Crippen LogP contribution is -2.63. The van der Waals surface area contributed by atoms with Crippen molar-refractivity contribution in [3.05, 3.63) is 0 Å². The summed E-state index contributed by atoms with van der Waals surface area (Å²) >= 11 is 0. The summed E-state index contributed by atoms with van der Waals surface area (Å²) in [4.78, 5) is 14.1. The van der Waals surface area contributed by atoms with E-state index in [1.807, 2.05) is 0 Å². The zero-order valence-electron chi connectivity index (χ0n) is 10.6. The second-order valence-electron chi connectivity index (χ2n) is 5.66. The molecule has 1 aliphatic heterocycles. The molecule has 2 rings (SSSR count). The van der Waals surface area contributed by atoms with E-state index in [1.54, 1.807) is 6.92 Å². The van der Waals surface area contributed by atoms with Crippen molar-refractivity contribution in [2.75, 3.05) is 7.05 Å². The van der Waals surface area contributed by atoms with E-state index >= 15 is 0 Å². The number of nitrogens with zero attached hydrogens (tertiary/aromatic N) is 1. The van der Waals surface area contributed by atoms with Crippen molar-refractivity contribution in [1.29, 1.82) is 0 Å². The van der Waals surface area contributed by atoms with E-state index in [-0.39, 0.29) is 11.7 Å². The summed E-state index contributed by atoms with van der Waals surface area (Å²) in [6, 6.07) is 0.694. The Morgan fingerprint density at radius 3 is 2.62 bits per heavy atom. The van der Waals surface area contributed by atoms with Crippen molar-refractivity contribution >= 4 is 5.78 Å². The molecular weight excluding hydrogens is 202 g/mol. The number of carbonyl (C=O) groups is 1. The predicted molar refractivity (Wildman–Crippen MR) is 63.2 cm³/mol. The SMILES string of the molecule is CC(=O)C1(O)CC(C)N(C)C2CCCCC21. The Kier molecular flexibility index (Phi) is 3.10. The van der Waals surface area contributed by atoms with Crippen LogP contribution in [0.2, 0.25) is 0 Å². The average molecular weight is 225 g/mol. The quantitative estimate of drug-likeness (QED) is 0.736. The highest BCUT2D eigenvalue weighted by molar-refractivity contribution is 5.85. The van der Waals surface area contributed by atoms with Gasteiger partial charge in [0.2, 0.25) is 0 Å². The van der Waals surface area contributed by atoms with Gasteiger partial charge in [0.15, 0.2) is 5.78 Å². The molecule has 1 aliphatic carbocycles. The molecule has 1 heterocycles. The smallest absolute Gasteiger partial charge is 0.161 e. The molecule has 2 aliphatic rings. The summed E-state index contributed by atoms with van der Waals surface area (Å²) in [7, 11) is 2.13. The Balaban J connectivity index is 2.30. The number of carbonyl (C=O) groups excluding carboxylic acids is 1. The molecular formula is C13H23NO2. The number of rotatable bonds is 1. The van der Waals surface area contributed by atoms with Gasteiger partial charge in [-0.2, -0.15) is 0 Å². The Morgan fingerprint density at radius 2 is 2.00 bits per heavy atom. The van der Waals surface area contributed by atoms with Crippen molar-refractivity contribution in [3.63, 3.8) is 0 Å². The molecule has 1 saturated heterocycles. The van der Waals surface area contributed by atoms with Crippen molar-refractivity contribution in [1.82, 2.24) is 4.90 Å². The molecule has 0 aromatic carbocycles. The fourth-order valence-corrected chi connectivity index (χ4v) is 3.63. The highest BCUT2D eigenvalue weighted by Crippen LogP contribution is 2.43. The van der Waals surface area contributed by atoms with Crippen molar-refractivity contribution in [2.24, 2.45) is 5.92 Å². The first-order valence-corrected chi connectivity index (χ1v) is 6.42. The fraction of sp³-hybridized carbons (Fsp3) is 0.923. The maximum absolute atomic E-state index is 11.8. The van der Waals surface area contributed by atoms with E-state index < -0.39 is 5.60 Å². The van der Waals surface area contributed by atoms with Crippen LogP contribution in [-0.4, -0.2) is 40.5 Å². The number of ketones is 1. The number of likely N-dealkylation sites (tertiary alicyclic amines) is 1. The molecule has 16 heavy (non-hydrogen) atoms. The molecule has 3 heteroatoms. The van der Waals surface area contributed by atoms with Crippen LogP contribution in [0.15, 0.2) is 0 Å². The number of hydrogen-bond donors (Lipinski definition) is 1. The van der Waals surface area contributed by atoms with Crippen LogP contribution in [0.5, 0.6) is 0 Å². The van der Waals surface area contributed by atoms with Gasteiger partial charge in [-0.15, -0.1) is 0 Å². The summed E-state index contributed by atoms with van der Waals surface area (Å²) in [6.45, 7) is 3.66. The number of fused-ring (bicyclic) bond motifs is 1. The molecule has 0 aromatic rings. The van der Waals surface area contributed by atoms with E-state index in [4.69, 9.17) is 0 Å². The highest BCUT2D eigenvalue weighted by atomic mass is 16.3. The van der Waals surface area contributed by atoms with Gasteiger partial charge in [-0.1, -0.05) is 12.8 Å². The van der Waals surface area contributed by atoms with Gasteiger partial charge >= 0.3 is 0 Å². The Bertz CT molecular complexity index is 292. The predicted octanol–water partition coefficient (Wildman–Crippen LogP) is 1.59. The highest BCUT2D eigenvalue weighted by Gasteiger charge is 2.52. The fourth-order valence-electron chi connectivity index (χ4n) is 3.63. The minimum atomic E-state index is -1.06. The standard InChI is InChI=1S/C13H23NO2/c1-9-8-13(16,10(2)15)11-6-4-5-7-12(11)14(9)3/h9,11-12,16H,4-8H2,1-3H3. The second kappa shape index (κ2) is 4.11. The second-order valence-corrected chi connectivity index (χ2v) is 5.66.